The fourth-order valence-corrected chi connectivity index (χ4v) is 5.15. The molecule has 1 aliphatic carbocycles. The molecule has 0 unspecified atom stereocenters. The van der Waals surface area contributed by atoms with Crippen molar-refractivity contribution in [1.29, 1.82) is 0 Å². The lowest BCUT2D eigenvalue weighted by Gasteiger charge is -2.16. The van der Waals surface area contributed by atoms with Gasteiger partial charge in [0.25, 0.3) is 11.8 Å². The molecule has 1 atom stereocenters. The highest BCUT2D eigenvalue weighted by Crippen LogP contribution is 2.35. The molecule has 0 spiro atoms. The summed E-state index contributed by atoms with van der Waals surface area (Å²) in [4.78, 5) is 47.7. The zero-order valence-electron chi connectivity index (χ0n) is 21.4. The van der Waals surface area contributed by atoms with Crippen LogP contribution >= 0.6 is 0 Å². The molecule has 0 saturated heterocycles. The van der Waals surface area contributed by atoms with Crippen LogP contribution in [0.5, 0.6) is 5.75 Å². The molecule has 0 radical (unpaired) electrons. The molecule has 0 fully saturated rings. The van der Waals surface area contributed by atoms with Crippen molar-refractivity contribution < 1.29 is 18.8 Å². The number of aromatic nitrogens is 4. The lowest BCUT2D eigenvalue weighted by atomic mass is 10.0. The summed E-state index contributed by atoms with van der Waals surface area (Å²) in [6, 6.07) is 12.7. The molecule has 39 heavy (non-hydrogen) atoms. The van der Waals surface area contributed by atoms with Gasteiger partial charge in [-0.25, -0.2) is 14.8 Å². The highest BCUT2D eigenvalue weighted by atomic mass is 16.5. The van der Waals surface area contributed by atoms with Crippen LogP contribution in [0.2, 0.25) is 0 Å². The molecule has 1 aliphatic heterocycles. The van der Waals surface area contributed by atoms with Gasteiger partial charge in [-0.05, 0) is 61.1 Å². The first kappa shape index (κ1) is 24.5. The minimum Gasteiger partial charge on any atom is -0.487 e. The van der Waals surface area contributed by atoms with E-state index in [2.05, 4.69) is 35.3 Å². The van der Waals surface area contributed by atoms with Gasteiger partial charge in [0.2, 0.25) is 0 Å². The predicted molar refractivity (Wildman–Crippen MR) is 139 cm³/mol. The van der Waals surface area contributed by atoms with Crippen LogP contribution < -0.4 is 21.1 Å². The third-order valence-corrected chi connectivity index (χ3v) is 6.95. The van der Waals surface area contributed by atoms with Crippen molar-refractivity contribution >= 4 is 11.8 Å². The largest absolute Gasteiger partial charge is 0.487 e. The van der Waals surface area contributed by atoms with Crippen molar-refractivity contribution in [2.75, 3.05) is 0 Å². The van der Waals surface area contributed by atoms with Crippen LogP contribution in [0.4, 0.5) is 0 Å². The third kappa shape index (κ3) is 5.02. The van der Waals surface area contributed by atoms with Crippen molar-refractivity contribution in [3.8, 4) is 17.1 Å². The van der Waals surface area contributed by atoms with Crippen LogP contribution in [0.15, 0.2) is 58.1 Å². The van der Waals surface area contributed by atoms with E-state index in [9.17, 15) is 14.4 Å². The van der Waals surface area contributed by atoms with Crippen molar-refractivity contribution in [2.24, 2.45) is 0 Å². The number of rotatable bonds is 6. The van der Waals surface area contributed by atoms with Crippen LogP contribution in [0.25, 0.3) is 11.4 Å². The maximum atomic E-state index is 13.0. The Morgan fingerprint density at radius 3 is 2.67 bits per heavy atom. The SMILES string of the molecule is CC1(C)Cc2cc(CNC(=O)c3cc(C(=O)N[C@H]4CCc5cc(-c6noc(=O)[nH]6)ccc54)ncn3)ccc2O1. The van der Waals surface area contributed by atoms with Crippen molar-refractivity contribution in [1.82, 2.24) is 30.7 Å². The first-order chi connectivity index (χ1) is 18.7. The second-order valence-electron chi connectivity index (χ2n) is 10.4. The average Bonchev–Trinajstić information content (AvgIpc) is 3.62. The molecule has 6 rings (SSSR count). The normalized spacial score (nSPS) is 16.7. The van der Waals surface area contributed by atoms with Gasteiger partial charge < -0.3 is 15.4 Å². The molecule has 2 aromatic heterocycles. The number of hydrogen-bond donors (Lipinski definition) is 3. The molecule has 2 aromatic carbocycles. The summed E-state index contributed by atoms with van der Waals surface area (Å²) in [6.07, 6.45) is 3.48. The van der Waals surface area contributed by atoms with E-state index in [4.69, 9.17) is 4.74 Å². The Morgan fingerprint density at radius 2 is 1.87 bits per heavy atom. The first-order valence-electron chi connectivity index (χ1n) is 12.7. The zero-order chi connectivity index (χ0) is 27.1. The number of aryl methyl sites for hydroxylation is 1. The van der Waals surface area contributed by atoms with Crippen LogP contribution in [0.1, 0.15) is 69.5 Å². The van der Waals surface area contributed by atoms with E-state index >= 15 is 0 Å². The molecular formula is C28H26N6O5. The molecular weight excluding hydrogens is 500 g/mol. The van der Waals surface area contributed by atoms with E-state index in [1.54, 1.807) is 0 Å². The van der Waals surface area contributed by atoms with Crippen LogP contribution in [-0.2, 0) is 19.4 Å². The van der Waals surface area contributed by atoms with Gasteiger partial charge in [0, 0.05) is 24.6 Å². The van der Waals surface area contributed by atoms with Crippen LogP contribution in [0, 0.1) is 0 Å². The fraction of sp³-hybridized carbons (Fsp3) is 0.286. The number of H-pyrrole nitrogens is 1. The first-order valence-corrected chi connectivity index (χ1v) is 12.7. The highest BCUT2D eigenvalue weighted by Gasteiger charge is 2.30. The summed E-state index contributed by atoms with van der Waals surface area (Å²) < 4.78 is 10.5. The minimum atomic E-state index is -0.615. The maximum absolute atomic E-state index is 13.0. The van der Waals surface area contributed by atoms with E-state index in [1.807, 2.05) is 50.2 Å². The number of fused-ring (bicyclic) bond motifs is 2. The molecule has 198 valence electrons. The number of hydrogen-bond acceptors (Lipinski definition) is 8. The average molecular weight is 527 g/mol. The number of ether oxygens (including phenoxy) is 1. The van der Waals surface area contributed by atoms with Crippen LogP contribution in [-0.4, -0.2) is 37.5 Å². The monoisotopic (exact) mass is 526 g/mol. The molecule has 2 amide bonds. The van der Waals surface area contributed by atoms with E-state index in [0.717, 1.165) is 46.4 Å². The standard InChI is InChI=1S/C28H26N6O5/c1-28(2)12-18-9-15(3-8-23(18)38-28)13-29-25(35)21-11-22(31-14-30-21)26(36)32-20-7-5-16-10-17(4-6-19(16)20)24-33-27(37)39-34-24/h3-4,6,8-11,14,20H,5,7,12-13H2,1-2H3,(H,29,35)(H,32,36)(H,33,34,37)/t20-/m0/s1. The van der Waals surface area contributed by atoms with Gasteiger partial charge in [0.05, 0.1) is 6.04 Å². The van der Waals surface area contributed by atoms with Gasteiger partial charge in [-0.1, -0.05) is 29.4 Å². The maximum Gasteiger partial charge on any atom is 0.439 e. The third-order valence-electron chi connectivity index (χ3n) is 6.95. The Bertz CT molecular complexity index is 1660. The Balaban J connectivity index is 1.09. The number of carbonyl (C=O) groups excluding carboxylic acids is 2. The van der Waals surface area contributed by atoms with Crippen molar-refractivity contribution in [3.05, 3.63) is 93.0 Å². The Kier molecular flexibility index (Phi) is 5.97. The number of carbonyl (C=O) groups is 2. The van der Waals surface area contributed by atoms with Gasteiger partial charge in [-0.15, -0.1) is 0 Å². The van der Waals surface area contributed by atoms with Gasteiger partial charge in [-0.2, -0.15) is 0 Å². The van der Waals surface area contributed by atoms with E-state index < -0.39 is 17.6 Å². The van der Waals surface area contributed by atoms with Crippen molar-refractivity contribution in [3.63, 3.8) is 0 Å². The van der Waals surface area contributed by atoms with Gasteiger partial charge in [0.15, 0.2) is 5.82 Å². The summed E-state index contributed by atoms with van der Waals surface area (Å²) in [7, 11) is 0. The summed E-state index contributed by atoms with van der Waals surface area (Å²) in [5.74, 6) is -0.172. The Hall–Kier alpha value is -4.80. The number of benzene rings is 2. The van der Waals surface area contributed by atoms with E-state index in [0.29, 0.717) is 18.8 Å². The lowest BCUT2D eigenvalue weighted by Crippen LogP contribution is -2.29. The van der Waals surface area contributed by atoms with Gasteiger partial charge >= 0.3 is 5.76 Å². The smallest absolute Gasteiger partial charge is 0.439 e. The molecule has 0 bridgehead atoms. The molecule has 11 nitrogen and oxygen atoms in total. The lowest BCUT2D eigenvalue weighted by molar-refractivity contribution is 0.0931. The second-order valence-corrected chi connectivity index (χ2v) is 10.4. The van der Waals surface area contributed by atoms with E-state index in [1.165, 1.54) is 12.4 Å². The van der Waals surface area contributed by atoms with Gasteiger partial charge in [-0.3, -0.25) is 19.1 Å². The summed E-state index contributed by atoms with van der Waals surface area (Å²) in [5.41, 5.74) is 4.81. The fourth-order valence-electron chi connectivity index (χ4n) is 5.15. The molecule has 3 N–H and O–H groups in total. The van der Waals surface area contributed by atoms with Crippen LogP contribution in [0.3, 0.4) is 0 Å². The predicted octanol–water partition coefficient (Wildman–Crippen LogP) is 2.88. The zero-order valence-corrected chi connectivity index (χ0v) is 21.4. The Labute approximate surface area is 223 Å². The molecule has 4 aromatic rings. The van der Waals surface area contributed by atoms with Gasteiger partial charge in [0.1, 0.15) is 29.1 Å². The van der Waals surface area contributed by atoms with Crippen molar-refractivity contribution in [2.45, 2.75) is 51.3 Å². The number of amides is 2. The topological polar surface area (TPSA) is 152 Å². The second kappa shape index (κ2) is 9.50. The summed E-state index contributed by atoms with van der Waals surface area (Å²) in [5, 5.41) is 9.59. The summed E-state index contributed by atoms with van der Waals surface area (Å²) in [6.45, 7) is 4.41. The molecule has 0 saturated carbocycles. The molecule has 11 heteroatoms. The molecule has 3 heterocycles. The quantitative estimate of drug-likeness (QED) is 0.347. The minimum absolute atomic E-state index is 0.109. The van der Waals surface area contributed by atoms with E-state index in [-0.39, 0.29) is 23.0 Å². The Morgan fingerprint density at radius 1 is 1.05 bits per heavy atom. The molecule has 2 aliphatic rings. The number of nitrogens with one attached hydrogen (secondary N) is 3. The number of aromatic amines is 1. The summed E-state index contributed by atoms with van der Waals surface area (Å²) >= 11 is 0. The number of nitrogens with zero attached hydrogens (tertiary/aromatic N) is 3. The highest BCUT2D eigenvalue weighted by molar-refractivity contribution is 5.97.